The van der Waals surface area contributed by atoms with Gasteiger partial charge in [-0.3, -0.25) is 4.79 Å². The standard InChI is InChI=1S/C16H15N3O2/c17-9-11-3-4-14-12(8-11)5-6-18-15(14)19-7-1-2-13(10-19)16(20)21/h3-6,8,13H,1-2,7,10H2,(H,20,21). The molecule has 21 heavy (non-hydrogen) atoms. The molecule has 1 fully saturated rings. The largest absolute Gasteiger partial charge is 0.481 e. The van der Waals surface area contributed by atoms with Crippen LogP contribution >= 0.6 is 0 Å². The maximum Gasteiger partial charge on any atom is 0.308 e. The Hall–Kier alpha value is -2.61. The molecule has 1 aromatic heterocycles. The number of carboxylic acids is 1. The van der Waals surface area contributed by atoms with Crippen molar-refractivity contribution in [2.45, 2.75) is 12.8 Å². The number of pyridine rings is 1. The van der Waals surface area contributed by atoms with Gasteiger partial charge in [0.15, 0.2) is 0 Å². The molecule has 0 bridgehead atoms. The van der Waals surface area contributed by atoms with E-state index in [1.807, 2.05) is 23.1 Å². The summed E-state index contributed by atoms with van der Waals surface area (Å²) in [6.45, 7) is 1.30. The number of hydrogen-bond acceptors (Lipinski definition) is 4. The van der Waals surface area contributed by atoms with Crippen LogP contribution in [0.4, 0.5) is 5.82 Å². The van der Waals surface area contributed by atoms with Crippen molar-refractivity contribution < 1.29 is 9.90 Å². The van der Waals surface area contributed by atoms with Gasteiger partial charge >= 0.3 is 5.97 Å². The summed E-state index contributed by atoms with van der Waals surface area (Å²) in [6.07, 6.45) is 3.28. The summed E-state index contributed by atoms with van der Waals surface area (Å²) in [7, 11) is 0. The molecule has 1 atom stereocenters. The van der Waals surface area contributed by atoms with Crippen molar-refractivity contribution >= 4 is 22.6 Å². The monoisotopic (exact) mass is 281 g/mol. The lowest BCUT2D eigenvalue weighted by Gasteiger charge is -2.32. The third kappa shape index (κ3) is 2.52. The highest BCUT2D eigenvalue weighted by Crippen LogP contribution is 2.28. The molecule has 1 N–H and O–H groups in total. The zero-order valence-corrected chi connectivity index (χ0v) is 11.5. The fraction of sp³-hybridized carbons (Fsp3) is 0.312. The van der Waals surface area contributed by atoms with E-state index >= 15 is 0 Å². The lowest BCUT2D eigenvalue weighted by Crippen LogP contribution is -2.39. The van der Waals surface area contributed by atoms with E-state index in [4.69, 9.17) is 5.26 Å². The highest BCUT2D eigenvalue weighted by molar-refractivity contribution is 5.93. The molecule has 0 amide bonds. The fourth-order valence-electron chi connectivity index (χ4n) is 2.85. The van der Waals surface area contributed by atoms with E-state index in [1.54, 1.807) is 12.3 Å². The molecule has 1 aromatic carbocycles. The number of carboxylic acid groups (broad SMARTS) is 1. The van der Waals surface area contributed by atoms with Gasteiger partial charge in [-0.1, -0.05) is 0 Å². The number of rotatable bonds is 2. The quantitative estimate of drug-likeness (QED) is 0.914. The van der Waals surface area contributed by atoms with Crippen LogP contribution in [-0.2, 0) is 4.79 Å². The number of anilines is 1. The number of fused-ring (bicyclic) bond motifs is 1. The van der Waals surface area contributed by atoms with Crippen molar-refractivity contribution in [3.63, 3.8) is 0 Å². The molecule has 2 aromatic rings. The fourth-order valence-corrected chi connectivity index (χ4v) is 2.85. The van der Waals surface area contributed by atoms with E-state index in [0.717, 1.165) is 36.0 Å². The van der Waals surface area contributed by atoms with Crippen LogP contribution in [0.15, 0.2) is 30.5 Å². The number of aromatic nitrogens is 1. The topological polar surface area (TPSA) is 77.2 Å². The normalized spacial score (nSPS) is 18.4. The molecule has 0 spiro atoms. The van der Waals surface area contributed by atoms with Crippen LogP contribution in [0.5, 0.6) is 0 Å². The molecule has 5 nitrogen and oxygen atoms in total. The zero-order chi connectivity index (χ0) is 14.8. The summed E-state index contributed by atoms with van der Waals surface area (Å²) in [5, 5.41) is 20.1. The van der Waals surface area contributed by atoms with Crippen LogP contribution in [-0.4, -0.2) is 29.1 Å². The highest BCUT2D eigenvalue weighted by Gasteiger charge is 2.26. The molecule has 3 rings (SSSR count). The molecule has 1 aliphatic heterocycles. The number of nitriles is 1. The second kappa shape index (κ2) is 5.41. The third-order valence-electron chi connectivity index (χ3n) is 3.94. The van der Waals surface area contributed by atoms with Crippen molar-refractivity contribution in [1.29, 1.82) is 5.26 Å². The predicted molar refractivity (Wildman–Crippen MR) is 79.0 cm³/mol. The molecule has 0 radical (unpaired) electrons. The molecule has 1 unspecified atom stereocenters. The van der Waals surface area contributed by atoms with Gasteiger partial charge in [0, 0.05) is 24.7 Å². The summed E-state index contributed by atoms with van der Waals surface area (Å²) in [5.41, 5.74) is 0.613. The predicted octanol–water partition coefficient (Wildman–Crippen LogP) is 2.41. The Kier molecular flexibility index (Phi) is 3.44. The smallest absolute Gasteiger partial charge is 0.308 e. The first-order valence-corrected chi connectivity index (χ1v) is 6.95. The first kappa shape index (κ1) is 13.4. The number of aliphatic carboxylic acids is 1. The third-order valence-corrected chi connectivity index (χ3v) is 3.94. The van der Waals surface area contributed by atoms with E-state index in [1.165, 1.54) is 0 Å². The van der Waals surface area contributed by atoms with Gasteiger partial charge in [-0.15, -0.1) is 0 Å². The second-order valence-corrected chi connectivity index (χ2v) is 5.31. The number of nitrogens with zero attached hydrogens (tertiary/aromatic N) is 3. The van der Waals surface area contributed by atoms with Gasteiger partial charge in [0.25, 0.3) is 0 Å². The Bertz CT molecular complexity index is 736. The Labute approximate surface area is 122 Å². The first-order valence-electron chi connectivity index (χ1n) is 6.95. The number of hydrogen-bond donors (Lipinski definition) is 1. The van der Waals surface area contributed by atoms with Crippen LogP contribution in [0.25, 0.3) is 10.8 Å². The molecule has 0 aliphatic carbocycles. The lowest BCUT2D eigenvalue weighted by molar-refractivity contribution is -0.141. The van der Waals surface area contributed by atoms with Gasteiger partial charge in [0.1, 0.15) is 5.82 Å². The Balaban J connectivity index is 2.00. The summed E-state index contributed by atoms with van der Waals surface area (Å²) in [6, 6.07) is 9.49. The Morgan fingerprint density at radius 3 is 3.05 bits per heavy atom. The van der Waals surface area contributed by atoms with E-state index in [-0.39, 0.29) is 5.92 Å². The van der Waals surface area contributed by atoms with Gasteiger partial charge in [-0.2, -0.15) is 5.26 Å². The minimum absolute atomic E-state index is 0.339. The lowest BCUT2D eigenvalue weighted by atomic mass is 9.97. The SMILES string of the molecule is N#Cc1ccc2c(N3CCCC(C(=O)O)C3)nccc2c1. The number of carbonyl (C=O) groups is 1. The van der Waals surface area contributed by atoms with Crippen molar-refractivity contribution in [2.24, 2.45) is 5.92 Å². The molecule has 5 heteroatoms. The molecule has 0 saturated carbocycles. The zero-order valence-electron chi connectivity index (χ0n) is 11.5. The minimum atomic E-state index is -0.744. The molecular formula is C16H15N3O2. The van der Waals surface area contributed by atoms with Crippen molar-refractivity contribution in [3.8, 4) is 6.07 Å². The van der Waals surface area contributed by atoms with Crippen molar-refractivity contribution in [1.82, 2.24) is 4.98 Å². The van der Waals surface area contributed by atoms with Crippen LogP contribution < -0.4 is 4.90 Å². The summed E-state index contributed by atoms with van der Waals surface area (Å²) in [5.74, 6) is -0.274. The summed E-state index contributed by atoms with van der Waals surface area (Å²) in [4.78, 5) is 17.7. The molecule has 1 aliphatic rings. The Morgan fingerprint density at radius 2 is 2.29 bits per heavy atom. The van der Waals surface area contributed by atoms with Crippen LogP contribution in [0, 0.1) is 17.2 Å². The average Bonchev–Trinajstić information content (AvgIpc) is 2.53. The average molecular weight is 281 g/mol. The molecule has 2 heterocycles. The summed E-state index contributed by atoms with van der Waals surface area (Å²) < 4.78 is 0. The van der Waals surface area contributed by atoms with Gasteiger partial charge < -0.3 is 10.0 Å². The van der Waals surface area contributed by atoms with E-state index < -0.39 is 5.97 Å². The van der Waals surface area contributed by atoms with Crippen molar-refractivity contribution in [3.05, 3.63) is 36.0 Å². The van der Waals surface area contributed by atoms with E-state index in [2.05, 4.69) is 11.1 Å². The first-order chi connectivity index (χ1) is 10.2. The maximum absolute atomic E-state index is 11.2. The van der Waals surface area contributed by atoms with Crippen LogP contribution in [0.3, 0.4) is 0 Å². The Morgan fingerprint density at radius 1 is 1.43 bits per heavy atom. The number of benzene rings is 1. The van der Waals surface area contributed by atoms with Gasteiger partial charge in [-0.25, -0.2) is 4.98 Å². The summed E-state index contributed by atoms with van der Waals surface area (Å²) >= 11 is 0. The maximum atomic E-state index is 11.2. The van der Waals surface area contributed by atoms with E-state index in [9.17, 15) is 9.90 Å². The molecular weight excluding hydrogens is 266 g/mol. The molecule has 1 saturated heterocycles. The minimum Gasteiger partial charge on any atom is -0.481 e. The van der Waals surface area contributed by atoms with Gasteiger partial charge in [-0.05, 0) is 42.5 Å². The van der Waals surface area contributed by atoms with E-state index in [0.29, 0.717) is 12.1 Å². The van der Waals surface area contributed by atoms with Gasteiger partial charge in [0.05, 0.1) is 17.6 Å². The molecule has 106 valence electrons. The van der Waals surface area contributed by atoms with Gasteiger partial charge in [0.2, 0.25) is 0 Å². The second-order valence-electron chi connectivity index (χ2n) is 5.31. The van der Waals surface area contributed by atoms with Crippen LogP contribution in [0.1, 0.15) is 18.4 Å². The van der Waals surface area contributed by atoms with Crippen LogP contribution in [0.2, 0.25) is 0 Å². The van der Waals surface area contributed by atoms with Crippen molar-refractivity contribution in [2.75, 3.05) is 18.0 Å². The number of piperidine rings is 1. The highest BCUT2D eigenvalue weighted by atomic mass is 16.4.